The number of hydrogen-bond donors (Lipinski definition) is 1. The number of hydrogen-bond acceptors (Lipinski definition) is 6. The zero-order valence-electron chi connectivity index (χ0n) is 10.3. The van der Waals surface area contributed by atoms with E-state index in [1.807, 2.05) is 0 Å². The van der Waals surface area contributed by atoms with Crippen molar-refractivity contribution in [2.75, 3.05) is 13.7 Å². The van der Waals surface area contributed by atoms with Gasteiger partial charge >= 0.3 is 5.97 Å². The summed E-state index contributed by atoms with van der Waals surface area (Å²) in [7, 11) is 1.36. The number of aliphatic imine (C=N–C) groups is 1. The van der Waals surface area contributed by atoms with Gasteiger partial charge in [-0.3, -0.25) is 0 Å². The van der Waals surface area contributed by atoms with E-state index in [1.54, 1.807) is 31.3 Å². The minimum atomic E-state index is -0.587. The van der Waals surface area contributed by atoms with Crippen molar-refractivity contribution in [2.45, 2.75) is 6.92 Å². The standard InChI is InChI=1S/C12H15N3O3/c1-3-18-12(16)9(11(13)17-2)8-15-10-6-4-5-7-14-10/h4-8H,3,13H2,1-2H3/b11-9-,15-8+. The molecule has 1 aromatic rings. The number of esters is 1. The second-order valence-electron chi connectivity index (χ2n) is 3.15. The zero-order chi connectivity index (χ0) is 13.4. The van der Waals surface area contributed by atoms with Crippen molar-refractivity contribution >= 4 is 18.0 Å². The maximum Gasteiger partial charge on any atom is 0.345 e. The van der Waals surface area contributed by atoms with Crippen LogP contribution in [0.2, 0.25) is 0 Å². The average Bonchev–Trinajstić information content (AvgIpc) is 2.40. The van der Waals surface area contributed by atoms with Crippen molar-refractivity contribution in [3.8, 4) is 0 Å². The van der Waals surface area contributed by atoms with E-state index < -0.39 is 5.97 Å². The Morgan fingerprint density at radius 1 is 1.56 bits per heavy atom. The Kier molecular flexibility index (Phi) is 5.37. The maximum atomic E-state index is 11.6. The van der Waals surface area contributed by atoms with Gasteiger partial charge in [0, 0.05) is 12.4 Å². The van der Waals surface area contributed by atoms with Crippen LogP contribution in [0.3, 0.4) is 0 Å². The molecular weight excluding hydrogens is 234 g/mol. The molecule has 1 rings (SSSR count). The van der Waals surface area contributed by atoms with Gasteiger partial charge in [-0.05, 0) is 19.1 Å². The topological polar surface area (TPSA) is 86.8 Å². The molecule has 2 N–H and O–H groups in total. The first kappa shape index (κ1) is 13.7. The van der Waals surface area contributed by atoms with Gasteiger partial charge in [0.1, 0.15) is 5.57 Å². The lowest BCUT2D eigenvalue weighted by Crippen LogP contribution is -2.16. The highest BCUT2D eigenvalue weighted by Gasteiger charge is 2.13. The minimum absolute atomic E-state index is 0.0480. The molecule has 0 amide bonds. The van der Waals surface area contributed by atoms with Gasteiger partial charge in [-0.15, -0.1) is 0 Å². The molecule has 6 heteroatoms. The van der Waals surface area contributed by atoms with Crippen LogP contribution in [-0.2, 0) is 14.3 Å². The summed E-state index contributed by atoms with van der Waals surface area (Å²) >= 11 is 0. The first-order chi connectivity index (χ1) is 8.69. The molecule has 96 valence electrons. The summed E-state index contributed by atoms with van der Waals surface area (Å²) in [6.07, 6.45) is 2.87. The van der Waals surface area contributed by atoms with Crippen LogP contribution in [0.25, 0.3) is 0 Å². The van der Waals surface area contributed by atoms with Crippen LogP contribution >= 0.6 is 0 Å². The fraction of sp³-hybridized carbons (Fsp3) is 0.250. The fourth-order valence-corrected chi connectivity index (χ4v) is 1.10. The van der Waals surface area contributed by atoms with Crippen LogP contribution in [0.15, 0.2) is 40.8 Å². The average molecular weight is 249 g/mol. The molecule has 0 aliphatic heterocycles. The third-order valence-corrected chi connectivity index (χ3v) is 1.96. The van der Waals surface area contributed by atoms with Gasteiger partial charge in [0.2, 0.25) is 0 Å². The summed E-state index contributed by atoms with van der Waals surface area (Å²) in [4.78, 5) is 19.6. The van der Waals surface area contributed by atoms with Crippen molar-refractivity contribution in [2.24, 2.45) is 10.7 Å². The van der Waals surface area contributed by atoms with Crippen molar-refractivity contribution in [1.29, 1.82) is 0 Å². The lowest BCUT2D eigenvalue weighted by molar-refractivity contribution is -0.138. The number of nitrogens with two attached hydrogens (primary N) is 1. The molecule has 0 aromatic carbocycles. The van der Waals surface area contributed by atoms with Gasteiger partial charge in [0.25, 0.3) is 0 Å². The third-order valence-electron chi connectivity index (χ3n) is 1.96. The molecule has 0 fully saturated rings. The van der Waals surface area contributed by atoms with Gasteiger partial charge in [0.05, 0.1) is 13.7 Å². The van der Waals surface area contributed by atoms with E-state index in [1.165, 1.54) is 13.3 Å². The predicted molar refractivity (Wildman–Crippen MR) is 67.2 cm³/mol. The molecular formula is C12H15N3O3. The van der Waals surface area contributed by atoms with Crippen LogP contribution in [0, 0.1) is 0 Å². The van der Waals surface area contributed by atoms with Crippen molar-refractivity contribution in [1.82, 2.24) is 4.98 Å². The molecule has 1 aromatic heterocycles. The Balaban J connectivity index is 2.93. The SMILES string of the molecule is CCOC(=O)C(/C=N/c1ccccn1)=C(/N)OC. The summed E-state index contributed by atoms with van der Waals surface area (Å²) in [5, 5.41) is 0. The highest BCUT2D eigenvalue weighted by molar-refractivity contribution is 6.10. The molecule has 1 heterocycles. The quantitative estimate of drug-likeness (QED) is 0.366. The predicted octanol–water partition coefficient (Wildman–Crippen LogP) is 1.16. The van der Waals surface area contributed by atoms with E-state index in [0.717, 1.165) is 0 Å². The van der Waals surface area contributed by atoms with E-state index >= 15 is 0 Å². The largest absolute Gasteiger partial charge is 0.482 e. The fourth-order valence-electron chi connectivity index (χ4n) is 1.10. The first-order valence-corrected chi connectivity index (χ1v) is 5.35. The highest BCUT2D eigenvalue weighted by Crippen LogP contribution is 2.07. The molecule has 0 aliphatic carbocycles. The second-order valence-corrected chi connectivity index (χ2v) is 3.15. The molecule has 6 nitrogen and oxygen atoms in total. The summed E-state index contributed by atoms with van der Waals surface area (Å²) in [6, 6.07) is 5.25. The smallest absolute Gasteiger partial charge is 0.345 e. The molecule has 0 saturated carbocycles. The Morgan fingerprint density at radius 3 is 2.89 bits per heavy atom. The minimum Gasteiger partial charge on any atom is -0.482 e. The number of ether oxygens (including phenoxy) is 2. The van der Waals surface area contributed by atoms with Gasteiger partial charge in [-0.25, -0.2) is 14.8 Å². The second kappa shape index (κ2) is 7.05. The number of methoxy groups -OCH3 is 1. The summed E-state index contributed by atoms with van der Waals surface area (Å²) in [5.41, 5.74) is 5.62. The number of carbonyl (C=O) groups is 1. The van der Waals surface area contributed by atoms with Gasteiger partial charge in [-0.2, -0.15) is 0 Å². The van der Waals surface area contributed by atoms with Crippen LogP contribution < -0.4 is 5.73 Å². The molecule has 0 unspecified atom stereocenters. The first-order valence-electron chi connectivity index (χ1n) is 5.35. The zero-order valence-corrected chi connectivity index (χ0v) is 10.3. The molecule has 18 heavy (non-hydrogen) atoms. The number of carbonyl (C=O) groups excluding carboxylic acids is 1. The molecule has 0 aliphatic rings. The third kappa shape index (κ3) is 3.89. The Hall–Kier alpha value is -2.37. The number of pyridine rings is 1. The Labute approximate surface area is 105 Å². The van der Waals surface area contributed by atoms with Crippen LogP contribution in [0.1, 0.15) is 6.92 Å². The Bertz CT molecular complexity index is 455. The summed E-state index contributed by atoms with van der Waals surface area (Å²) in [6.45, 7) is 1.95. The summed E-state index contributed by atoms with van der Waals surface area (Å²) < 4.78 is 9.66. The molecule has 0 saturated heterocycles. The summed E-state index contributed by atoms with van der Waals surface area (Å²) in [5.74, 6) is -0.173. The molecule has 0 radical (unpaired) electrons. The lowest BCUT2D eigenvalue weighted by atomic mass is 10.3. The Morgan fingerprint density at radius 2 is 2.33 bits per heavy atom. The maximum absolute atomic E-state index is 11.6. The van der Waals surface area contributed by atoms with Crippen molar-refractivity contribution < 1.29 is 14.3 Å². The molecule has 0 bridgehead atoms. The number of rotatable bonds is 5. The normalized spacial score (nSPS) is 12.1. The van der Waals surface area contributed by atoms with E-state index in [-0.39, 0.29) is 18.1 Å². The van der Waals surface area contributed by atoms with Gasteiger partial charge in [-0.1, -0.05) is 6.07 Å². The monoisotopic (exact) mass is 249 g/mol. The van der Waals surface area contributed by atoms with Crippen molar-refractivity contribution in [3.63, 3.8) is 0 Å². The van der Waals surface area contributed by atoms with E-state index in [0.29, 0.717) is 5.82 Å². The van der Waals surface area contributed by atoms with Gasteiger partial charge < -0.3 is 15.2 Å². The van der Waals surface area contributed by atoms with Crippen molar-refractivity contribution in [3.05, 3.63) is 35.9 Å². The van der Waals surface area contributed by atoms with Crippen LogP contribution in [0.5, 0.6) is 0 Å². The number of nitrogens with zero attached hydrogens (tertiary/aromatic N) is 2. The highest BCUT2D eigenvalue weighted by atomic mass is 16.5. The molecule has 0 atom stereocenters. The van der Waals surface area contributed by atoms with Crippen LogP contribution in [0.4, 0.5) is 5.82 Å². The van der Waals surface area contributed by atoms with Gasteiger partial charge in [0.15, 0.2) is 11.7 Å². The van der Waals surface area contributed by atoms with E-state index in [4.69, 9.17) is 15.2 Å². The number of aromatic nitrogens is 1. The van der Waals surface area contributed by atoms with Crippen LogP contribution in [-0.4, -0.2) is 30.9 Å². The van der Waals surface area contributed by atoms with E-state index in [2.05, 4.69) is 9.98 Å². The van der Waals surface area contributed by atoms with E-state index in [9.17, 15) is 4.79 Å². The lowest BCUT2D eigenvalue weighted by Gasteiger charge is -2.05. The molecule has 0 spiro atoms.